The maximum Gasteiger partial charge on any atom is 0.161 e. The van der Waals surface area contributed by atoms with Gasteiger partial charge in [0.15, 0.2) is 11.5 Å². The summed E-state index contributed by atoms with van der Waals surface area (Å²) in [6.45, 7) is 2.57. The van der Waals surface area contributed by atoms with Gasteiger partial charge in [-0.25, -0.2) is 0 Å². The molecule has 17 heavy (non-hydrogen) atoms. The van der Waals surface area contributed by atoms with E-state index in [0.717, 1.165) is 18.4 Å². The van der Waals surface area contributed by atoms with Gasteiger partial charge in [-0.05, 0) is 37.0 Å². The lowest BCUT2D eigenvalue weighted by Gasteiger charge is -2.29. The van der Waals surface area contributed by atoms with Crippen LogP contribution >= 0.6 is 0 Å². The average molecular weight is 235 g/mol. The van der Waals surface area contributed by atoms with Gasteiger partial charge in [-0.2, -0.15) is 0 Å². The van der Waals surface area contributed by atoms with Gasteiger partial charge in [0.2, 0.25) is 0 Å². The van der Waals surface area contributed by atoms with Crippen molar-refractivity contribution in [1.29, 1.82) is 0 Å². The molecule has 0 aromatic heterocycles. The Hall–Kier alpha value is -1.22. The molecule has 0 atom stereocenters. The minimum atomic E-state index is 0.0890. The molecule has 1 aromatic carbocycles. The summed E-state index contributed by atoms with van der Waals surface area (Å²) in [5.41, 5.74) is 8.14. The third kappa shape index (κ3) is 2.00. The summed E-state index contributed by atoms with van der Waals surface area (Å²) in [6.07, 6.45) is 4.74. The SMILES string of the molecule is COc1cc(C2(CN)CCCC2)cc(C)c1O. The normalized spacial score (nSPS) is 18.3. The van der Waals surface area contributed by atoms with Gasteiger partial charge in [0.1, 0.15) is 0 Å². The number of rotatable bonds is 3. The second kappa shape index (κ2) is 4.57. The summed E-state index contributed by atoms with van der Waals surface area (Å²) >= 11 is 0. The molecular weight excluding hydrogens is 214 g/mol. The maximum absolute atomic E-state index is 9.87. The second-order valence-electron chi connectivity index (χ2n) is 5.04. The smallest absolute Gasteiger partial charge is 0.161 e. The average Bonchev–Trinajstić information content (AvgIpc) is 2.82. The van der Waals surface area contributed by atoms with Crippen LogP contribution in [-0.4, -0.2) is 18.8 Å². The molecule has 3 heteroatoms. The minimum Gasteiger partial charge on any atom is -0.504 e. The topological polar surface area (TPSA) is 55.5 Å². The van der Waals surface area contributed by atoms with E-state index in [0.29, 0.717) is 12.3 Å². The Bertz CT molecular complexity index is 409. The molecule has 0 bridgehead atoms. The summed E-state index contributed by atoms with van der Waals surface area (Å²) in [6, 6.07) is 4.00. The van der Waals surface area contributed by atoms with Crippen LogP contribution in [0.5, 0.6) is 11.5 Å². The zero-order chi connectivity index (χ0) is 12.5. The fourth-order valence-electron chi connectivity index (χ4n) is 2.87. The van der Waals surface area contributed by atoms with Gasteiger partial charge in [-0.3, -0.25) is 0 Å². The van der Waals surface area contributed by atoms with Crippen LogP contribution in [0.15, 0.2) is 12.1 Å². The van der Waals surface area contributed by atoms with Crippen molar-refractivity contribution in [2.75, 3.05) is 13.7 Å². The van der Waals surface area contributed by atoms with Gasteiger partial charge in [-0.15, -0.1) is 0 Å². The van der Waals surface area contributed by atoms with Crippen LogP contribution in [0.2, 0.25) is 0 Å². The summed E-state index contributed by atoms with van der Waals surface area (Å²) in [7, 11) is 1.59. The van der Waals surface area contributed by atoms with Gasteiger partial charge < -0.3 is 15.6 Å². The molecule has 1 saturated carbocycles. The zero-order valence-corrected chi connectivity index (χ0v) is 10.6. The van der Waals surface area contributed by atoms with Crippen molar-refractivity contribution >= 4 is 0 Å². The summed E-state index contributed by atoms with van der Waals surface area (Å²) in [5.74, 6) is 0.793. The molecule has 0 spiro atoms. The van der Waals surface area contributed by atoms with Crippen molar-refractivity contribution in [3.05, 3.63) is 23.3 Å². The Labute approximate surface area is 103 Å². The van der Waals surface area contributed by atoms with E-state index < -0.39 is 0 Å². The summed E-state index contributed by atoms with van der Waals surface area (Å²) in [4.78, 5) is 0. The van der Waals surface area contributed by atoms with Crippen molar-refractivity contribution in [3.63, 3.8) is 0 Å². The van der Waals surface area contributed by atoms with Crippen molar-refractivity contribution in [2.45, 2.75) is 38.0 Å². The molecule has 0 aliphatic heterocycles. The quantitative estimate of drug-likeness (QED) is 0.846. The highest BCUT2D eigenvalue weighted by atomic mass is 16.5. The number of benzene rings is 1. The number of nitrogens with two attached hydrogens (primary N) is 1. The Morgan fingerprint density at radius 3 is 2.53 bits per heavy atom. The molecular formula is C14H21NO2. The minimum absolute atomic E-state index is 0.0890. The number of methoxy groups -OCH3 is 1. The summed E-state index contributed by atoms with van der Waals surface area (Å²) in [5, 5.41) is 9.87. The van der Waals surface area contributed by atoms with E-state index in [4.69, 9.17) is 10.5 Å². The third-order valence-electron chi connectivity index (χ3n) is 4.05. The predicted octanol–water partition coefficient (Wildman–Crippen LogP) is 2.48. The number of hydrogen-bond acceptors (Lipinski definition) is 3. The van der Waals surface area contributed by atoms with Gasteiger partial charge in [0.05, 0.1) is 7.11 Å². The molecule has 1 aliphatic carbocycles. The Morgan fingerprint density at radius 2 is 2.00 bits per heavy atom. The van der Waals surface area contributed by atoms with Crippen LogP contribution in [0.25, 0.3) is 0 Å². The highest BCUT2D eigenvalue weighted by molar-refractivity contribution is 5.50. The van der Waals surface area contributed by atoms with Crippen LogP contribution in [0.1, 0.15) is 36.8 Å². The molecule has 3 N–H and O–H groups in total. The number of aromatic hydroxyl groups is 1. The van der Waals surface area contributed by atoms with Crippen molar-refractivity contribution < 1.29 is 9.84 Å². The number of hydrogen-bond donors (Lipinski definition) is 2. The molecule has 1 fully saturated rings. The second-order valence-corrected chi connectivity index (χ2v) is 5.04. The van der Waals surface area contributed by atoms with Gasteiger partial charge >= 0.3 is 0 Å². The lowest BCUT2D eigenvalue weighted by atomic mass is 9.78. The highest BCUT2D eigenvalue weighted by Gasteiger charge is 2.35. The van der Waals surface area contributed by atoms with Crippen LogP contribution in [0, 0.1) is 6.92 Å². The maximum atomic E-state index is 9.87. The van der Waals surface area contributed by atoms with Gasteiger partial charge in [0.25, 0.3) is 0 Å². The van der Waals surface area contributed by atoms with Crippen LogP contribution in [0.3, 0.4) is 0 Å². The van der Waals surface area contributed by atoms with Crippen molar-refractivity contribution in [1.82, 2.24) is 0 Å². The van der Waals surface area contributed by atoms with Crippen molar-refractivity contribution in [3.8, 4) is 11.5 Å². The van der Waals surface area contributed by atoms with Crippen LogP contribution < -0.4 is 10.5 Å². The predicted molar refractivity (Wildman–Crippen MR) is 68.6 cm³/mol. The van der Waals surface area contributed by atoms with Crippen LogP contribution in [-0.2, 0) is 5.41 Å². The van der Waals surface area contributed by atoms with Gasteiger partial charge in [0, 0.05) is 12.0 Å². The van der Waals surface area contributed by atoms with E-state index in [1.54, 1.807) is 7.11 Å². The first-order valence-corrected chi connectivity index (χ1v) is 6.21. The standard InChI is InChI=1S/C14H21NO2/c1-10-7-11(8-12(17-2)13(10)16)14(9-15)5-3-4-6-14/h7-8,16H,3-6,9,15H2,1-2H3. The van der Waals surface area contributed by atoms with Crippen molar-refractivity contribution in [2.24, 2.45) is 5.73 Å². The molecule has 1 aromatic rings. The molecule has 1 aliphatic rings. The molecule has 94 valence electrons. The zero-order valence-electron chi connectivity index (χ0n) is 10.6. The van der Waals surface area contributed by atoms with E-state index in [1.807, 2.05) is 13.0 Å². The van der Waals surface area contributed by atoms with E-state index in [9.17, 15) is 5.11 Å². The van der Waals surface area contributed by atoms with E-state index in [-0.39, 0.29) is 11.2 Å². The fourth-order valence-corrected chi connectivity index (χ4v) is 2.87. The number of ether oxygens (including phenoxy) is 1. The molecule has 3 nitrogen and oxygen atoms in total. The summed E-state index contributed by atoms with van der Waals surface area (Å²) < 4.78 is 5.22. The monoisotopic (exact) mass is 235 g/mol. The first-order chi connectivity index (χ1) is 8.13. The third-order valence-corrected chi connectivity index (χ3v) is 4.05. The fraction of sp³-hybridized carbons (Fsp3) is 0.571. The van der Waals surface area contributed by atoms with Crippen LogP contribution in [0.4, 0.5) is 0 Å². The highest BCUT2D eigenvalue weighted by Crippen LogP contribution is 2.43. The first kappa shape index (κ1) is 12.2. The molecule has 2 rings (SSSR count). The largest absolute Gasteiger partial charge is 0.504 e. The molecule has 0 radical (unpaired) electrons. The Balaban J connectivity index is 2.48. The molecule has 0 amide bonds. The first-order valence-electron chi connectivity index (χ1n) is 6.21. The molecule has 0 heterocycles. The van der Waals surface area contributed by atoms with E-state index >= 15 is 0 Å². The number of phenolic OH excluding ortho intramolecular Hbond substituents is 1. The lowest BCUT2D eigenvalue weighted by Crippen LogP contribution is -2.32. The number of phenols is 1. The molecule has 0 saturated heterocycles. The van der Waals surface area contributed by atoms with E-state index in [2.05, 4.69) is 6.07 Å². The Kier molecular flexibility index (Phi) is 3.29. The lowest BCUT2D eigenvalue weighted by molar-refractivity contribution is 0.367. The van der Waals surface area contributed by atoms with E-state index in [1.165, 1.54) is 18.4 Å². The number of aryl methyl sites for hydroxylation is 1. The van der Waals surface area contributed by atoms with Gasteiger partial charge in [-0.1, -0.05) is 18.9 Å². The molecule has 0 unspecified atom stereocenters. The Morgan fingerprint density at radius 1 is 1.35 bits per heavy atom.